The maximum Gasteiger partial charge on any atom is 0.124 e. The molecule has 1 aromatic rings. The Morgan fingerprint density at radius 3 is 2.10 bits per heavy atom. The third-order valence-corrected chi connectivity index (χ3v) is 5.33. The average Bonchev–Trinajstić information content (AvgIpc) is 2.62. The second-order valence-electron chi connectivity index (χ2n) is 6.63. The van der Waals surface area contributed by atoms with Crippen molar-refractivity contribution in [3.05, 3.63) is 28.8 Å². The molecule has 3 rings (SSSR count). The van der Waals surface area contributed by atoms with Crippen molar-refractivity contribution in [2.75, 3.05) is 14.2 Å². The van der Waals surface area contributed by atoms with Crippen molar-refractivity contribution in [3.8, 4) is 5.75 Å². The topological polar surface area (TPSA) is 32.7 Å². The molecule has 2 aliphatic heterocycles. The molecule has 0 aromatic heterocycles. The summed E-state index contributed by atoms with van der Waals surface area (Å²) in [6, 6.07) is 5.27. The molecule has 2 aliphatic rings. The van der Waals surface area contributed by atoms with Gasteiger partial charge in [-0.1, -0.05) is 0 Å². The zero-order chi connectivity index (χ0) is 14.5. The first-order valence-corrected chi connectivity index (χ1v) is 7.54. The molecule has 2 saturated heterocycles. The molecule has 2 bridgehead atoms. The molecule has 2 heterocycles. The van der Waals surface area contributed by atoms with Gasteiger partial charge in [0.2, 0.25) is 0 Å². The lowest BCUT2D eigenvalue weighted by molar-refractivity contribution is -0.0494. The Morgan fingerprint density at radius 2 is 1.65 bits per heavy atom. The van der Waals surface area contributed by atoms with Crippen LogP contribution in [0.5, 0.6) is 5.75 Å². The highest BCUT2D eigenvalue weighted by Crippen LogP contribution is 2.45. The molecule has 2 atom stereocenters. The summed E-state index contributed by atoms with van der Waals surface area (Å²) in [4.78, 5) is 2.46. The van der Waals surface area contributed by atoms with E-state index in [9.17, 15) is 5.11 Å². The van der Waals surface area contributed by atoms with Crippen LogP contribution in [0.4, 0.5) is 0 Å². The number of hydrogen-bond donors (Lipinski definition) is 1. The van der Waals surface area contributed by atoms with E-state index in [0.29, 0.717) is 12.1 Å². The van der Waals surface area contributed by atoms with Gasteiger partial charge in [0.15, 0.2) is 0 Å². The number of rotatable bonds is 2. The Kier molecular flexibility index (Phi) is 3.30. The molecule has 0 spiro atoms. The number of aliphatic hydroxyl groups is 1. The van der Waals surface area contributed by atoms with E-state index >= 15 is 0 Å². The molecule has 1 aromatic carbocycles. The van der Waals surface area contributed by atoms with Gasteiger partial charge in [-0.2, -0.15) is 0 Å². The fraction of sp³-hybridized carbons (Fsp3) is 0.647. The van der Waals surface area contributed by atoms with E-state index in [4.69, 9.17) is 4.74 Å². The molecule has 0 aliphatic carbocycles. The van der Waals surface area contributed by atoms with Gasteiger partial charge in [-0.05, 0) is 75.4 Å². The minimum atomic E-state index is -0.667. The smallest absolute Gasteiger partial charge is 0.124 e. The molecule has 0 saturated carbocycles. The number of ether oxygens (including phenoxy) is 1. The van der Waals surface area contributed by atoms with Crippen LogP contribution in [0.1, 0.15) is 42.4 Å². The molecule has 3 nitrogen and oxygen atoms in total. The maximum atomic E-state index is 11.2. The van der Waals surface area contributed by atoms with Crippen LogP contribution in [-0.2, 0) is 5.60 Å². The second kappa shape index (κ2) is 4.74. The number of benzene rings is 1. The van der Waals surface area contributed by atoms with Gasteiger partial charge in [-0.25, -0.2) is 0 Å². The first kappa shape index (κ1) is 13.9. The van der Waals surface area contributed by atoms with Gasteiger partial charge < -0.3 is 14.7 Å². The van der Waals surface area contributed by atoms with Crippen LogP contribution in [0.3, 0.4) is 0 Å². The Hall–Kier alpha value is -1.06. The minimum absolute atomic E-state index is 0.529. The Balaban J connectivity index is 1.97. The maximum absolute atomic E-state index is 11.2. The van der Waals surface area contributed by atoms with Gasteiger partial charge in [-0.15, -0.1) is 0 Å². The van der Waals surface area contributed by atoms with Gasteiger partial charge in [0.1, 0.15) is 5.75 Å². The molecule has 1 N–H and O–H groups in total. The lowest BCUT2D eigenvalue weighted by Crippen LogP contribution is -2.47. The van der Waals surface area contributed by atoms with Crippen LogP contribution < -0.4 is 4.74 Å². The summed E-state index contributed by atoms with van der Waals surface area (Å²) in [5.41, 5.74) is 2.63. The van der Waals surface area contributed by atoms with Crippen molar-refractivity contribution < 1.29 is 9.84 Å². The van der Waals surface area contributed by atoms with E-state index in [-0.39, 0.29) is 0 Å². The third kappa shape index (κ3) is 2.04. The SMILES string of the molecule is COc1c(C)cc(C2(O)CC3CCC(C2)N3C)cc1C. The van der Waals surface area contributed by atoms with Gasteiger partial charge >= 0.3 is 0 Å². The molecule has 0 radical (unpaired) electrons. The Labute approximate surface area is 121 Å². The summed E-state index contributed by atoms with van der Waals surface area (Å²) < 4.78 is 5.43. The molecule has 2 fully saturated rings. The fourth-order valence-electron chi connectivity index (χ4n) is 4.22. The van der Waals surface area contributed by atoms with Crippen LogP contribution in [-0.4, -0.2) is 36.2 Å². The highest BCUT2D eigenvalue weighted by atomic mass is 16.5. The summed E-state index contributed by atoms with van der Waals surface area (Å²) in [5, 5.41) is 11.2. The van der Waals surface area contributed by atoms with Crippen LogP contribution in [0, 0.1) is 13.8 Å². The number of aryl methyl sites for hydroxylation is 2. The van der Waals surface area contributed by atoms with Gasteiger partial charge in [0, 0.05) is 12.1 Å². The fourth-order valence-corrected chi connectivity index (χ4v) is 4.22. The van der Waals surface area contributed by atoms with E-state index in [1.54, 1.807) is 7.11 Å². The van der Waals surface area contributed by atoms with Crippen molar-refractivity contribution in [2.24, 2.45) is 0 Å². The lowest BCUT2D eigenvalue weighted by Gasteiger charge is -2.42. The minimum Gasteiger partial charge on any atom is -0.496 e. The summed E-state index contributed by atoms with van der Waals surface area (Å²) >= 11 is 0. The molecular weight excluding hydrogens is 250 g/mol. The van der Waals surface area contributed by atoms with E-state index < -0.39 is 5.60 Å². The highest BCUT2D eigenvalue weighted by Gasteiger charge is 2.46. The molecule has 3 heteroatoms. The lowest BCUT2D eigenvalue weighted by atomic mass is 9.79. The quantitative estimate of drug-likeness (QED) is 0.901. The normalized spacial score (nSPS) is 33.5. The van der Waals surface area contributed by atoms with E-state index in [2.05, 4.69) is 37.9 Å². The standard InChI is InChI=1S/C17H25NO2/c1-11-7-13(8-12(2)16(11)20-4)17(19)9-14-5-6-15(10-17)18(14)3/h7-8,14-15,19H,5-6,9-10H2,1-4H3. The number of methoxy groups -OCH3 is 1. The molecule has 110 valence electrons. The summed E-state index contributed by atoms with van der Waals surface area (Å²) in [5.74, 6) is 0.938. The number of fused-ring (bicyclic) bond motifs is 2. The molecular formula is C17H25NO2. The van der Waals surface area contributed by atoms with Gasteiger partial charge in [0.05, 0.1) is 12.7 Å². The van der Waals surface area contributed by atoms with Crippen molar-refractivity contribution in [3.63, 3.8) is 0 Å². The largest absolute Gasteiger partial charge is 0.496 e. The molecule has 0 amide bonds. The number of nitrogens with zero attached hydrogens (tertiary/aromatic N) is 1. The summed E-state index contributed by atoms with van der Waals surface area (Å²) in [7, 11) is 3.91. The first-order chi connectivity index (χ1) is 9.44. The van der Waals surface area contributed by atoms with Gasteiger partial charge in [-0.3, -0.25) is 0 Å². The van der Waals surface area contributed by atoms with E-state index in [1.807, 2.05) is 0 Å². The second-order valence-corrected chi connectivity index (χ2v) is 6.63. The molecule has 20 heavy (non-hydrogen) atoms. The zero-order valence-electron chi connectivity index (χ0n) is 12.9. The predicted octanol–water partition coefficient (Wildman–Crippen LogP) is 2.76. The highest BCUT2D eigenvalue weighted by molar-refractivity contribution is 5.45. The number of piperidine rings is 1. The van der Waals surface area contributed by atoms with Crippen molar-refractivity contribution >= 4 is 0 Å². The van der Waals surface area contributed by atoms with E-state index in [1.165, 1.54) is 12.8 Å². The van der Waals surface area contributed by atoms with Gasteiger partial charge in [0.25, 0.3) is 0 Å². The Bertz CT molecular complexity index is 489. The van der Waals surface area contributed by atoms with Crippen LogP contribution in [0.2, 0.25) is 0 Å². The Morgan fingerprint density at radius 1 is 1.15 bits per heavy atom. The summed E-state index contributed by atoms with van der Waals surface area (Å²) in [6.45, 7) is 4.12. The van der Waals surface area contributed by atoms with Crippen LogP contribution in [0.25, 0.3) is 0 Å². The summed E-state index contributed by atoms with van der Waals surface area (Å²) in [6.07, 6.45) is 4.14. The third-order valence-electron chi connectivity index (χ3n) is 5.33. The monoisotopic (exact) mass is 275 g/mol. The molecule has 2 unspecified atom stereocenters. The average molecular weight is 275 g/mol. The zero-order valence-corrected chi connectivity index (χ0v) is 12.9. The van der Waals surface area contributed by atoms with Crippen LogP contribution >= 0.6 is 0 Å². The van der Waals surface area contributed by atoms with Crippen molar-refractivity contribution in [1.29, 1.82) is 0 Å². The first-order valence-electron chi connectivity index (χ1n) is 7.54. The predicted molar refractivity (Wildman–Crippen MR) is 80.2 cm³/mol. The van der Waals surface area contributed by atoms with Crippen LogP contribution in [0.15, 0.2) is 12.1 Å². The number of hydrogen-bond acceptors (Lipinski definition) is 3. The van der Waals surface area contributed by atoms with Crippen molar-refractivity contribution in [2.45, 2.75) is 57.2 Å². The van der Waals surface area contributed by atoms with Crippen molar-refractivity contribution in [1.82, 2.24) is 4.90 Å². The van der Waals surface area contributed by atoms with E-state index in [0.717, 1.165) is 35.3 Å².